The van der Waals surface area contributed by atoms with Crippen LogP contribution >= 0.6 is 0 Å². The lowest BCUT2D eigenvalue weighted by Crippen LogP contribution is -2.54. The molecule has 2 atom stereocenters. The lowest BCUT2D eigenvalue weighted by atomic mass is 10.1. The van der Waals surface area contributed by atoms with Gasteiger partial charge in [0.1, 0.15) is 0 Å². The second-order valence-corrected chi connectivity index (χ2v) is 5.68. The van der Waals surface area contributed by atoms with Gasteiger partial charge in [0.05, 0.1) is 24.4 Å². The highest BCUT2D eigenvalue weighted by atomic mass is 16.2. The van der Waals surface area contributed by atoms with Crippen LogP contribution in [-0.2, 0) is 9.59 Å². The summed E-state index contributed by atoms with van der Waals surface area (Å²) >= 11 is 0. The number of carbonyl (C=O) groups is 2. The number of hydrogen-bond acceptors (Lipinski definition) is 7. The molecule has 0 radical (unpaired) electrons. The lowest BCUT2D eigenvalue weighted by molar-refractivity contribution is -0.120. The van der Waals surface area contributed by atoms with E-state index in [2.05, 4.69) is 26.6 Å². The summed E-state index contributed by atoms with van der Waals surface area (Å²) in [6.45, 7) is 9.95. The first-order valence-electron chi connectivity index (χ1n) is 9.86. The summed E-state index contributed by atoms with van der Waals surface area (Å²) in [5, 5.41) is 14.7. The van der Waals surface area contributed by atoms with Gasteiger partial charge in [-0.25, -0.2) is 0 Å². The van der Waals surface area contributed by atoms with Crippen molar-refractivity contribution in [2.24, 2.45) is 11.5 Å². The van der Waals surface area contributed by atoms with Crippen molar-refractivity contribution in [1.82, 2.24) is 26.6 Å². The smallest absolute Gasteiger partial charge is 0.251 e. The van der Waals surface area contributed by atoms with E-state index >= 15 is 0 Å². The highest BCUT2D eigenvalue weighted by molar-refractivity contribution is 5.94. The first kappa shape index (κ1) is 27.5. The highest BCUT2D eigenvalue weighted by Crippen LogP contribution is 2.01. The van der Waals surface area contributed by atoms with Gasteiger partial charge >= 0.3 is 0 Å². The van der Waals surface area contributed by atoms with Crippen LogP contribution in [0.25, 0.3) is 0 Å². The van der Waals surface area contributed by atoms with Crippen LogP contribution in [0.2, 0.25) is 0 Å². The predicted molar refractivity (Wildman–Crippen MR) is 112 cm³/mol. The second-order valence-electron chi connectivity index (χ2n) is 5.68. The summed E-state index contributed by atoms with van der Waals surface area (Å²) < 4.78 is 0. The van der Waals surface area contributed by atoms with E-state index in [1.807, 2.05) is 27.7 Å². The zero-order valence-corrected chi connectivity index (χ0v) is 17.7. The van der Waals surface area contributed by atoms with E-state index in [0.717, 1.165) is 19.4 Å². The molecule has 0 bridgehead atoms. The molecular formula is C18H41N7O2. The van der Waals surface area contributed by atoms with Crippen molar-refractivity contribution in [3.8, 4) is 0 Å². The first-order chi connectivity index (χ1) is 13.0. The molecule has 0 aromatic rings. The van der Waals surface area contributed by atoms with Crippen molar-refractivity contribution in [2.75, 3.05) is 33.2 Å². The van der Waals surface area contributed by atoms with Gasteiger partial charge in [-0.3, -0.25) is 20.2 Å². The second kappa shape index (κ2) is 19.1. The maximum Gasteiger partial charge on any atom is 0.251 e. The number of rotatable bonds is 14. The van der Waals surface area contributed by atoms with Crippen LogP contribution in [0.3, 0.4) is 0 Å². The van der Waals surface area contributed by atoms with Gasteiger partial charge in [-0.05, 0) is 32.9 Å². The van der Waals surface area contributed by atoms with Crippen LogP contribution < -0.4 is 38.1 Å². The Morgan fingerprint density at radius 2 is 1.70 bits per heavy atom. The standard InChI is InChI=1S/C16H35N7O2.C2H6/c1-4-7-21-15(23-13(18)5-2)12(10-17)16(25)22-9-6-8-20-14(24)11-19-3;1-2/h10,13,15,19,21,23H,4-9,11,17-18H2,1-3H3,(H,20,24)(H,22,25);1-2H3/b12-10+;. The third-order valence-corrected chi connectivity index (χ3v) is 3.47. The number of likely N-dealkylation sites (N-methyl/N-ethyl adjacent to an activating group) is 1. The molecule has 0 rings (SSSR count). The summed E-state index contributed by atoms with van der Waals surface area (Å²) in [5.41, 5.74) is 12.0. The molecule has 160 valence electrons. The molecule has 0 saturated carbocycles. The van der Waals surface area contributed by atoms with Crippen LogP contribution in [0.15, 0.2) is 11.8 Å². The number of hydrogen-bond donors (Lipinski definition) is 7. The van der Waals surface area contributed by atoms with E-state index in [9.17, 15) is 9.59 Å². The zero-order chi connectivity index (χ0) is 21.1. The van der Waals surface area contributed by atoms with Gasteiger partial charge in [-0.15, -0.1) is 0 Å². The van der Waals surface area contributed by atoms with Crippen molar-refractivity contribution in [3.63, 3.8) is 0 Å². The lowest BCUT2D eigenvalue weighted by Gasteiger charge is -2.25. The maximum atomic E-state index is 12.4. The SMILES string of the molecule is CC.CCCNC(NC(N)CC)/C(=C\N)C(=O)NCCCNC(=O)CNC. The van der Waals surface area contributed by atoms with Crippen molar-refractivity contribution in [1.29, 1.82) is 0 Å². The third-order valence-electron chi connectivity index (χ3n) is 3.47. The van der Waals surface area contributed by atoms with E-state index in [0.29, 0.717) is 25.1 Å². The van der Waals surface area contributed by atoms with Gasteiger partial charge in [-0.2, -0.15) is 0 Å². The molecular weight excluding hydrogens is 346 g/mol. The van der Waals surface area contributed by atoms with Crippen molar-refractivity contribution in [3.05, 3.63) is 11.8 Å². The average molecular weight is 388 g/mol. The molecule has 0 aromatic carbocycles. The van der Waals surface area contributed by atoms with Crippen LogP contribution in [0.4, 0.5) is 0 Å². The van der Waals surface area contributed by atoms with Crippen molar-refractivity contribution < 1.29 is 9.59 Å². The Balaban J connectivity index is 0. The van der Waals surface area contributed by atoms with E-state index in [-0.39, 0.29) is 24.5 Å². The van der Waals surface area contributed by atoms with Gasteiger partial charge in [-0.1, -0.05) is 27.7 Å². The molecule has 0 saturated heterocycles. The molecule has 9 heteroatoms. The Bertz CT molecular complexity index is 417. The molecule has 27 heavy (non-hydrogen) atoms. The van der Waals surface area contributed by atoms with Crippen LogP contribution in [0.1, 0.15) is 47.0 Å². The Hall–Kier alpha value is -1.68. The fourth-order valence-corrected chi connectivity index (χ4v) is 2.03. The minimum absolute atomic E-state index is 0.0713. The van der Waals surface area contributed by atoms with Gasteiger partial charge in [0.15, 0.2) is 0 Å². The molecule has 0 aromatic heterocycles. The Kier molecular flexibility index (Phi) is 19.5. The molecule has 0 aliphatic heterocycles. The molecule has 9 nitrogen and oxygen atoms in total. The van der Waals surface area contributed by atoms with Crippen LogP contribution in [0, 0.1) is 0 Å². The predicted octanol–water partition coefficient (Wildman–Crippen LogP) is -0.693. The average Bonchev–Trinajstić information content (AvgIpc) is 2.67. The van der Waals surface area contributed by atoms with E-state index in [1.165, 1.54) is 6.20 Å². The van der Waals surface area contributed by atoms with Gasteiger partial charge in [0.2, 0.25) is 5.91 Å². The molecule has 9 N–H and O–H groups in total. The zero-order valence-electron chi connectivity index (χ0n) is 17.7. The topological polar surface area (TPSA) is 146 Å². The maximum absolute atomic E-state index is 12.4. The minimum Gasteiger partial charge on any atom is -0.404 e. The Morgan fingerprint density at radius 1 is 1.07 bits per heavy atom. The normalized spacial score (nSPS) is 13.2. The third kappa shape index (κ3) is 14.1. The molecule has 0 aliphatic rings. The summed E-state index contributed by atoms with van der Waals surface area (Å²) in [6, 6.07) is 0. The highest BCUT2D eigenvalue weighted by Gasteiger charge is 2.21. The molecule has 0 aliphatic carbocycles. The largest absolute Gasteiger partial charge is 0.404 e. The molecule has 2 unspecified atom stereocenters. The monoisotopic (exact) mass is 387 g/mol. The van der Waals surface area contributed by atoms with Crippen molar-refractivity contribution >= 4 is 11.8 Å². The summed E-state index contributed by atoms with van der Waals surface area (Å²) in [6.07, 6.45) is 2.94. The molecule has 0 heterocycles. The molecule has 0 fully saturated rings. The Labute approximate surface area is 164 Å². The molecule has 2 amide bonds. The Morgan fingerprint density at radius 3 is 2.22 bits per heavy atom. The summed E-state index contributed by atoms with van der Waals surface area (Å²) in [7, 11) is 1.71. The van der Waals surface area contributed by atoms with Crippen LogP contribution in [-0.4, -0.2) is 57.4 Å². The first-order valence-corrected chi connectivity index (χ1v) is 9.86. The van der Waals surface area contributed by atoms with E-state index < -0.39 is 6.17 Å². The molecule has 0 spiro atoms. The number of nitrogens with one attached hydrogen (secondary N) is 5. The number of amides is 2. The number of nitrogens with two attached hydrogens (primary N) is 2. The van der Waals surface area contributed by atoms with Gasteiger partial charge in [0.25, 0.3) is 5.91 Å². The fourth-order valence-electron chi connectivity index (χ4n) is 2.03. The quantitative estimate of drug-likeness (QED) is 0.119. The van der Waals surface area contributed by atoms with E-state index in [1.54, 1.807) is 7.05 Å². The number of carbonyl (C=O) groups excluding carboxylic acids is 2. The minimum atomic E-state index is -0.407. The van der Waals surface area contributed by atoms with E-state index in [4.69, 9.17) is 11.5 Å². The van der Waals surface area contributed by atoms with Gasteiger partial charge < -0.3 is 27.4 Å². The summed E-state index contributed by atoms with van der Waals surface area (Å²) in [4.78, 5) is 23.7. The summed E-state index contributed by atoms with van der Waals surface area (Å²) in [5.74, 6) is -0.327. The fraction of sp³-hybridized carbons (Fsp3) is 0.778. The van der Waals surface area contributed by atoms with Crippen molar-refractivity contribution in [2.45, 2.75) is 59.3 Å². The van der Waals surface area contributed by atoms with Crippen LogP contribution in [0.5, 0.6) is 0 Å². The van der Waals surface area contributed by atoms with Gasteiger partial charge in [0, 0.05) is 19.3 Å².